The Morgan fingerprint density at radius 1 is 0.828 bits per heavy atom. The number of alkyl halides is 2. The SMILES string of the molecule is O=C(OCc1ccccc1)[C@H]1CN(CC(F)F)C[C@@H]1C(=O)OCc1ccccc1. The maximum atomic E-state index is 12.8. The summed E-state index contributed by atoms with van der Waals surface area (Å²) in [6.45, 7) is -0.273. The molecule has 0 aromatic heterocycles. The minimum Gasteiger partial charge on any atom is -0.461 e. The monoisotopic (exact) mass is 403 g/mol. The number of nitrogens with zero attached hydrogens (tertiary/aromatic N) is 1. The third-order valence-corrected chi connectivity index (χ3v) is 4.85. The largest absolute Gasteiger partial charge is 0.461 e. The summed E-state index contributed by atoms with van der Waals surface area (Å²) in [7, 11) is 0. The molecule has 0 radical (unpaired) electrons. The molecule has 1 aliphatic rings. The first kappa shape index (κ1) is 20.9. The number of esters is 2. The molecule has 29 heavy (non-hydrogen) atoms. The first-order valence-electron chi connectivity index (χ1n) is 9.44. The molecule has 1 aliphatic heterocycles. The molecule has 1 heterocycles. The van der Waals surface area contributed by atoms with Crippen molar-refractivity contribution in [2.45, 2.75) is 19.6 Å². The number of rotatable bonds is 8. The van der Waals surface area contributed by atoms with E-state index in [9.17, 15) is 18.4 Å². The molecule has 3 rings (SSSR count). The smallest absolute Gasteiger partial charge is 0.311 e. The van der Waals surface area contributed by atoms with Gasteiger partial charge in [-0.15, -0.1) is 0 Å². The molecular formula is C22H23F2NO4. The first-order valence-corrected chi connectivity index (χ1v) is 9.44. The molecule has 0 N–H and O–H groups in total. The third kappa shape index (κ3) is 6.09. The van der Waals surface area contributed by atoms with Crippen LogP contribution in [-0.2, 0) is 32.3 Å². The van der Waals surface area contributed by atoms with E-state index >= 15 is 0 Å². The van der Waals surface area contributed by atoms with Crippen LogP contribution in [0.5, 0.6) is 0 Å². The molecule has 1 fully saturated rings. The van der Waals surface area contributed by atoms with Gasteiger partial charge in [0, 0.05) is 13.1 Å². The van der Waals surface area contributed by atoms with Crippen molar-refractivity contribution in [1.29, 1.82) is 0 Å². The summed E-state index contributed by atoms with van der Waals surface area (Å²) in [5, 5.41) is 0. The van der Waals surface area contributed by atoms with E-state index in [-0.39, 0.29) is 26.3 Å². The lowest BCUT2D eigenvalue weighted by Gasteiger charge is -2.16. The van der Waals surface area contributed by atoms with E-state index in [1.54, 1.807) is 0 Å². The molecule has 0 bridgehead atoms. The number of likely N-dealkylation sites (tertiary alicyclic amines) is 1. The van der Waals surface area contributed by atoms with Crippen molar-refractivity contribution in [2.24, 2.45) is 11.8 Å². The molecule has 7 heteroatoms. The van der Waals surface area contributed by atoms with Crippen LogP contribution in [0.25, 0.3) is 0 Å². The van der Waals surface area contributed by atoms with E-state index in [0.717, 1.165) is 11.1 Å². The molecule has 0 saturated carbocycles. The van der Waals surface area contributed by atoms with Crippen LogP contribution in [0.15, 0.2) is 60.7 Å². The van der Waals surface area contributed by atoms with Crippen LogP contribution in [0.4, 0.5) is 8.78 Å². The van der Waals surface area contributed by atoms with Crippen LogP contribution in [0.3, 0.4) is 0 Å². The van der Waals surface area contributed by atoms with Crippen molar-refractivity contribution in [3.05, 3.63) is 71.8 Å². The van der Waals surface area contributed by atoms with Gasteiger partial charge < -0.3 is 9.47 Å². The maximum absolute atomic E-state index is 12.8. The Labute approximate surface area is 168 Å². The van der Waals surface area contributed by atoms with Crippen LogP contribution in [-0.4, -0.2) is 42.9 Å². The van der Waals surface area contributed by atoms with Crippen LogP contribution < -0.4 is 0 Å². The number of hydrogen-bond donors (Lipinski definition) is 0. The van der Waals surface area contributed by atoms with E-state index < -0.39 is 36.7 Å². The lowest BCUT2D eigenvalue weighted by Crippen LogP contribution is -2.31. The second-order valence-corrected chi connectivity index (χ2v) is 7.01. The van der Waals surface area contributed by atoms with Gasteiger partial charge in [0.15, 0.2) is 0 Å². The quantitative estimate of drug-likeness (QED) is 0.633. The Morgan fingerprint density at radius 3 is 1.62 bits per heavy atom. The van der Waals surface area contributed by atoms with E-state index in [1.165, 1.54) is 4.90 Å². The fourth-order valence-electron chi connectivity index (χ4n) is 3.38. The molecule has 0 aliphatic carbocycles. The van der Waals surface area contributed by atoms with Crippen LogP contribution >= 0.6 is 0 Å². The molecule has 2 atom stereocenters. The topological polar surface area (TPSA) is 55.8 Å². The highest BCUT2D eigenvalue weighted by molar-refractivity contribution is 5.83. The number of ether oxygens (including phenoxy) is 2. The van der Waals surface area contributed by atoms with Crippen LogP contribution in [0, 0.1) is 11.8 Å². The average Bonchev–Trinajstić information content (AvgIpc) is 3.15. The molecule has 0 unspecified atom stereocenters. The van der Waals surface area contributed by atoms with E-state index in [1.807, 2.05) is 60.7 Å². The summed E-state index contributed by atoms with van der Waals surface area (Å²) < 4.78 is 36.3. The molecular weight excluding hydrogens is 380 g/mol. The predicted octanol–water partition coefficient (Wildman–Crippen LogP) is 3.29. The number of hydrogen-bond acceptors (Lipinski definition) is 5. The van der Waals surface area contributed by atoms with Crippen LogP contribution in [0.2, 0.25) is 0 Å². The molecule has 0 amide bonds. The molecule has 0 spiro atoms. The summed E-state index contributed by atoms with van der Waals surface area (Å²) in [4.78, 5) is 26.6. The lowest BCUT2D eigenvalue weighted by molar-refractivity contribution is -0.160. The summed E-state index contributed by atoms with van der Waals surface area (Å²) >= 11 is 0. The van der Waals surface area contributed by atoms with Gasteiger partial charge in [-0.05, 0) is 11.1 Å². The maximum Gasteiger partial charge on any atom is 0.311 e. The minimum atomic E-state index is -2.55. The molecule has 2 aromatic carbocycles. The summed E-state index contributed by atoms with van der Waals surface area (Å²) in [5.41, 5.74) is 1.62. The molecule has 2 aromatic rings. The first-order chi connectivity index (χ1) is 14.0. The zero-order chi connectivity index (χ0) is 20.6. The van der Waals surface area contributed by atoms with Gasteiger partial charge in [-0.25, -0.2) is 8.78 Å². The van der Waals surface area contributed by atoms with Gasteiger partial charge in [0.05, 0.1) is 18.4 Å². The van der Waals surface area contributed by atoms with Crippen molar-refractivity contribution in [3.8, 4) is 0 Å². The summed E-state index contributed by atoms with van der Waals surface area (Å²) in [5.74, 6) is -2.82. The molecule has 154 valence electrons. The van der Waals surface area contributed by atoms with Gasteiger partial charge >= 0.3 is 11.9 Å². The number of halogens is 2. The van der Waals surface area contributed by atoms with Gasteiger partial charge in [-0.2, -0.15) is 0 Å². The van der Waals surface area contributed by atoms with Crippen molar-refractivity contribution >= 4 is 11.9 Å². The van der Waals surface area contributed by atoms with Gasteiger partial charge in [-0.1, -0.05) is 60.7 Å². The van der Waals surface area contributed by atoms with Crippen molar-refractivity contribution in [3.63, 3.8) is 0 Å². The van der Waals surface area contributed by atoms with Gasteiger partial charge in [0.1, 0.15) is 13.2 Å². The minimum absolute atomic E-state index is 0.0447. The van der Waals surface area contributed by atoms with Gasteiger partial charge in [0.25, 0.3) is 6.43 Å². The number of carbonyl (C=O) groups excluding carboxylic acids is 2. The summed E-state index contributed by atoms with van der Waals surface area (Å²) in [6, 6.07) is 18.3. The van der Waals surface area contributed by atoms with Crippen molar-refractivity contribution in [1.82, 2.24) is 4.90 Å². The standard InChI is InChI=1S/C22H23F2NO4/c23-20(24)13-25-11-18(21(26)28-14-16-7-3-1-4-8-16)19(12-25)22(27)29-15-17-9-5-2-6-10-17/h1-10,18-20H,11-15H2/t18-,19-/m0/s1. The lowest BCUT2D eigenvalue weighted by atomic mass is 9.96. The van der Waals surface area contributed by atoms with Gasteiger partial charge in [-0.3, -0.25) is 14.5 Å². The number of benzene rings is 2. The highest BCUT2D eigenvalue weighted by Crippen LogP contribution is 2.27. The zero-order valence-electron chi connectivity index (χ0n) is 15.9. The highest BCUT2D eigenvalue weighted by atomic mass is 19.3. The second-order valence-electron chi connectivity index (χ2n) is 7.01. The van der Waals surface area contributed by atoms with E-state index in [4.69, 9.17) is 9.47 Å². The average molecular weight is 403 g/mol. The Balaban J connectivity index is 1.62. The predicted molar refractivity (Wildman–Crippen MR) is 102 cm³/mol. The van der Waals surface area contributed by atoms with E-state index in [2.05, 4.69) is 0 Å². The van der Waals surface area contributed by atoms with Crippen LogP contribution in [0.1, 0.15) is 11.1 Å². The molecule has 1 saturated heterocycles. The third-order valence-electron chi connectivity index (χ3n) is 4.85. The Bertz CT molecular complexity index is 737. The van der Waals surface area contributed by atoms with Crippen molar-refractivity contribution < 1.29 is 27.8 Å². The fourth-order valence-corrected chi connectivity index (χ4v) is 3.38. The highest BCUT2D eigenvalue weighted by Gasteiger charge is 2.44. The van der Waals surface area contributed by atoms with E-state index in [0.29, 0.717) is 0 Å². The summed E-state index contributed by atoms with van der Waals surface area (Å²) in [6.07, 6.45) is -2.55. The Kier molecular flexibility index (Phi) is 7.30. The number of carbonyl (C=O) groups is 2. The van der Waals surface area contributed by atoms with Gasteiger partial charge in [0.2, 0.25) is 0 Å². The second kappa shape index (κ2) is 10.1. The fraction of sp³-hybridized carbons (Fsp3) is 0.364. The Hall–Kier alpha value is -2.80. The zero-order valence-corrected chi connectivity index (χ0v) is 15.9. The normalized spacial score (nSPS) is 19.3. The molecule has 5 nitrogen and oxygen atoms in total. The van der Waals surface area contributed by atoms with Crippen molar-refractivity contribution in [2.75, 3.05) is 19.6 Å². The Morgan fingerprint density at radius 2 is 1.24 bits per heavy atom.